The van der Waals surface area contributed by atoms with Crippen molar-refractivity contribution in [3.05, 3.63) is 35.0 Å². The molecular weight excluding hydrogens is 250 g/mol. The third-order valence-corrected chi connectivity index (χ3v) is 2.48. The van der Waals surface area contributed by atoms with E-state index in [2.05, 4.69) is 15.4 Å². The molecule has 1 aromatic carbocycles. The van der Waals surface area contributed by atoms with Crippen LogP contribution in [0.2, 0.25) is 0 Å². The largest absolute Gasteiger partial charge is 0.493 e. The average molecular weight is 263 g/mol. The van der Waals surface area contributed by atoms with E-state index < -0.39 is 5.69 Å². The summed E-state index contributed by atoms with van der Waals surface area (Å²) in [6, 6.07) is 5.04. The molecule has 0 amide bonds. The van der Waals surface area contributed by atoms with E-state index in [0.717, 1.165) is 0 Å². The molecule has 0 unspecified atom stereocenters. The van der Waals surface area contributed by atoms with Crippen LogP contribution in [0, 0.1) is 0 Å². The molecule has 0 atom stereocenters. The molecule has 0 aliphatic carbocycles. The molecule has 8 nitrogen and oxygen atoms in total. The van der Waals surface area contributed by atoms with Crippen molar-refractivity contribution in [3.8, 4) is 17.2 Å². The highest BCUT2D eigenvalue weighted by Crippen LogP contribution is 2.28. The number of nitrogen functional groups attached to an aromatic ring is 1. The number of nitrogens with zero attached hydrogens (tertiary/aromatic N) is 3. The molecule has 19 heavy (non-hydrogen) atoms. The van der Waals surface area contributed by atoms with Crippen LogP contribution in [0.5, 0.6) is 11.5 Å². The van der Waals surface area contributed by atoms with Crippen molar-refractivity contribution >= 4 is 5.95 Å². The van der Waals surface area contributed by atoms with Gasteiger partial charge in [-0.1, -0.05) is 0 Å². The predicted octanol–water partition coefficient (Wildman–Crippen LogP) is -0.0697. The minimum Gasteiger partial charge on any atom is -0.493 e. The minimum atomic E-state index is -0.504. The summed E-state index contributed by atoms with van der Waals surface area (Å²) in [6.45, 7) is 0. The van der Waals surface area contributed by atoms with Gasteiger partial charge in [-0.05, 0) is 12.1 Å². The monoisotopic (exact) mass is 263 g/mol. The fraction of sp³-hybridized carbons (Fsp3) is 0.182. The highest BCUT2D eigenvalue weighted by molar-refractivity contribution is 5.48. The Kier molecular flexibility index (Phi) is 3.62. The number of anilines is 1. The van der Waals surface area contributed by atoms with Crippen LogP contribution in [-0.4, -0.2) is 28.8 Å². The number of benzene rings is 1. The standard InChI is InChI=1S/C11H13N5O3/c1-18-8-4-3-7(5-9(8)19-2)16-6-13-10(15-12)14-11(16)17/h3-6H,12H2,1-2H3,(H,14,15,17). The molecule has 2 aromatic rings. The molecule has 0 saturated carbocycles. The number of ether oxygens (including phenoxy) is 2. The Morgan fingerprint density at radius 1 is 1.26 bits per heavy atom. The van der Waals surface area contributed by atoms with Crippen molar-refractivity contribution in [2.45, 2.75) is 0 Å². The first-order chi connectivity index (χ1) is 9.19. The third kappa shape index (κ3) is 2.47. The number of rotatable bonds is 4. The van der Waals surface area contributed by atoms with Crippen LogP contribution in [0.15, 0.2) is 29.3 Å². The Hall–Kier alpha value is -2.61. The molecule has 0 radical (unpaired) electrons. The van der Waals surface area contributed by atoms with Gasteiger partial charge in [-0.15, -0.1) is 0 Å². The number of hydrogen-bond acceptors (Lipinski definition) is 7. The van der Waals surface area contributed by atoms with Gasteiger partial charge in [0.2, 0.25) is 5.95 Å². The Morgan fingerprint density at radius 3 is 2.58 bits per heavy atom. The fourth-order valence-electron chi connectivity index (χ4n) is 1.56. The number of hydrazine groups is 1. The molecule has 0 fully saturated rings. The summed E-state index contributed by atoms with van der Waals surface area (Å²) >= 11 is 0. The first kappa shape index (κ1) is 12.8. The van der Waals surface area contributed by atoms with E-state index in [9.17, 15) is 4.79 Å². The first-order valence-electron chi connectivity index (χ1n) is 5.34. The Bertz CT molecular complexity index is 640. The number of aromatic nitrogens is 3. The first-order valence-corrected chi connectivity index (χ1v) is 5.34. The molecule has 8 heteroatoms. The molecular formula is C11H13N5O3. The molecule has 2 rings (SSSR count). The van der Waals surface area contributed by atoms with Gasteiger partial charge in [0.15, 0.2) is 11.5 Å². The molecule has 1 heterocycles. The summed E-state index contributed by atoms with van der Waals surface area (Å²) in [7, 11) is 3.05. The van der Waals surface area contributed by atoms with Crippen LogP contribution >= 0.6 is 0 Å². The summed E-state index contributed by atoms with van der Waals surface area (Å²) in [5.74, 6) is 6.27. The van der Waals surface area contributed by atoms with Gasteiger partial charge in [0.1, 0.15) is 6.33 Å². The van der Waals surface area contributed by atoms with E-state index in [0.29, 0.717) is 17.2 Å². The van der Waals surface area contributed by atoms with Crippen LogP contribution in [0.25, 0.3) is 5.69 Å². The summed E-state index contributed by atoms with van der Waals surface area (Å²) in [4.78, 5) is 19.3. The lowest BCUT2D eigenvalue weighted by Gasteiger charge is -2.10. The van der Waals surface area contributed by atoms with E-state index >= 15 is 0 Å². The van der Waals surface area contributed by atoms with Gasteiger partial charge in [0.25, 0.3) is 0 Å². The Balaban J connectivity index is 2.50. The number of nitrogens with one attached hydrogen (secondary N) is 1. The second-order valence-electron chi connectivity index (χ2n) is 3.52. The number of nitrogens with two attached hydrogens (primary N) is 1. The smallest absolute Gasteiger partial charge is 0.356 e. The van der Waals surface area contributed by atoms with Crippen molar-refractivity contribution < 1.29 is 9.47 Å². The third-order valence-electron chi connectivity index (χ3n) is 2.48. The maximum Gasteiger partial charge on any atom is 0.356 e. The Morgan fingerprint density at radius 2 is 2.00 bits per heavy atom. The normalized spacial score (nSPS) is 10.1. The van der Waals surface area contributed by atoms with Gasteiger partial charge in [-0.3, -0.25) is 9.99 Å². The van der Waals surface area contributed by atoms with Crippen LogP contribution in [-0.2, 0) is 0 Å². The van der Waals surface area contributed by atoms with Crippen LogP contribution in [0.4, 0.5) is 5.95 Å². The summed E-state index contributed by atoms with van der Waals surface area (Å²) in [5.41, 5.74) is 2.26. The lowest BCUT2D eigenvalue weighted by molar-refractivity contribution is 0.355. The number of methoxy groups -OCH3 is 2. The second-order valence-corrected chi connectivity index (χ2v) is 3.52. The molecule has 0 spiro atoms. The van der Waals surface area contributed by atoms with Gasteiger partial charge >= 0.3 is 5.69 Å². The topological polar surface area (TPSA) is 104 Å². The molecule has 1 aromatic heterocycles. The Labute approximate surface area is 108 Å². The zero-order chi connectivity index (χ0) is 13.8. The minimum absolute atomic E-state index is 0.0572. The summed E-state index contributed by atoms with van der Waals surface area (Å²) in [6.07, 6.45) is 1.33. The van der Waals surface area contributed by atoms with E-state index in [4.69, 9.17) is 15.3 Å². The van der Waals surface area contributed by atoms with Crippen molar-refractivity contribution in [1.29, 1.82) is 0 Å². The molecule has 3 N–H and O–H groups in total. The predicted molar refractivity (Wildman–Crippen MR) is 68.5 cm³/mol. The van der Waals surface area contributed by atoms with Gasteiger partial charge in [0.05, 0.1) is 19.9 Å². The van der Waals surface area contributed by atoms with E-state index in [1.807, 2.05) is 0 Å². The molecule has 100 valence electrons. The maximum absolute atomic E-state index is 11.8. The van der Waals surface area contributed by atoms with E-state index in [-0.39, 0.29) is 5.95 Å². The van der Waals surface area contributed by atoms with Gasteiger partial charge in [-0.25, -0.2) is 15.6 Å². The van der Waals surface area contributed by atoms with Crippen molar-refractivity contribution in [2.75, 3.05) is 19.6 Å². The van der Waals surface area contributed by atoms with Gasteiger partial charge in [0, 0.05) is 6.07 Å². The zero-order valence-electron chi connectivity index (χ0n) is 10.5. The average Bonchev–Trinajstić information content (AvgIpc) is 2.46. The van der Waals surface area contributed by atoms with Gasteiger partial charge in [-0.2, -0.15) is 4.98 Å². The summed E-state index contributed by atoms with van der Waals surface area (Å²) < 4.78 is 11.6. The number of hydrogen-bond donors (Lipinski definition) is 2. The van der Waals surface area contributed by atoms with E-state index in [1.165, 1.54) is 25.1 Å². The molecule has 0 bridgehead atoms. The molecule has 0 aliphatic heterocycles. The van der Waals surface area contributed by atoms with Crippen molar-refractivity contribution in [3.63, 3.8) is 0 Å². The molecule has 0 aliphatic rings. The SMILES string of the molecule is COc1ccc(-n2cnc(NN)nc2=O)cc1OC. The van der Waals surface area contributed by atoms with Crippen molar-refractivity contribution in [1.82, 2.24) is 14.5 Å². The summed E-state index contributed by atoms with van der Waals surface area (Å²) in [5, 5.41) is 0. The highest BCUT2D eigenvalue weighted by atomic mass is 16.5. The lowest BCUT2D eigenvalue weighted by atomic mass is 10.2. The second kappa shape index (κ2) is 5.36. The lowest BCUT2D eigenvalue weighted by Crippen LogP contribution is -2.25. The van der Waals surface area contributed by atoms with E-state index in [1.54, 1.807) is 18.2 Å². The van der Waals surface area contributed by atoms with Gasteiger partial charge < -0.3 is 9.47 Å². The van der Waals surface area contributed by atoms with Crippen LogP contribution in [0.1, 0.15) is 0 Å². The highest BCUT2D eigenvalue weighted by Gasteiger charge is 2.08. The zero-order valence-corrected chi connectivity index (χ0v) is 10.5. The molecule has 0 saturated heterocycles. The quantitative estimate of drug-likeness (QED) is 0.587. The van der Waals surface area contributed by atoms with Crippen LogP contribution in [0.3, 0.4) is 0 Å². The van der Waals surface area contributed by atoms with Crippen molar-refractivity contribution in [2.24, 2.45) is 5.84 Å². The van der Waals surface area contributed by atoms with Crippen LogP contribution < -0.4 is 26.4 Å². The maximum atomic E-state index is 11.8. The fourth-order valence-corrected chi connectivity index (χ4v) is 1.56.